The lowest BCUT2D eigenvalue weighted by Crippen LogP contribution is -2.33. The molecule has 32 heavy (non-hydrogen) atoms. The number of hydrogen-bond donors (Lipinski definition) is 0. The number of aryl methyl sites for hydroxylation is 2. The van der Waals surface area contributed by atoms with Gasteiger partial charge in [-0.05, 0) is 43.7 Å². The quantitative estimate of drug-likeness (QED) is 0.365. The molecular weight excluding hydrogens is 442 g/mol. The number of fused-ring (bicyclic) bond motifs is 3. The van der Waals surface area contributed by atoms with Gasteiger partial charge in [-0.2, -0.15) is 0 Å². The molecule has 170 valence electrons. The zero-order valence-corrected chi connectivity index (χ0v) is 20.4. The third-order valence-electron chi connectivity index (χ3n) is 5.83. The summed E-state index contributed by atoms with van der Waals surface area (Å²) >= 11 is 2.99. The number of aromatic nitrogens is 2. The van der Waals surface area contributed by atoms with Crippen LogP contribution in [0.5, 0.6) is 0 Å². The van der Waals surface area contributed by atoms with Crippen molar-refractivity contribution in [1.29, 1.82) is 0 Å². The number of methoxy groups -OCH3 is 1. The maximum absolute atomic E-state index is 13.5. The van der Waals surface area contributed by atoms with Gasteiger partial charge in [-0.1, -0.05) is 42.1 Å². The van der Waals surface area contributed by atoms with Crippen LogP contribution >= 0.6 is 23.1 Å². The zero-order chi connectivity index (χ0) is 22.7. The van der Waals surface area contributed by atoms with Crippen molar-refractivity contribution in [3.05, 3.63) is 56.7 Å². The maximum atomic E-state index is 13.5. The van der Waals surface area contributed by atoms with Gasteiger partial charge in [-0.3, -0.25) is 14.2 Å². The number of rotatable bonds is 8. The minimum Gasteiger partial charge on any atom is -0.383 e. The Morgan fingerprint density at radius 2 is 2.03 bits per heavy atom. The topological polar surface area (TPSA) is 64.4 Å². The highest BCUT2D eigenvalue weighted by molar-refractivity contribution is 8.00. The Bertz CT molecular complexity index is 1160. The van der Waals surface area contributed by atoms with E-state index < -0.39 is 0 Å². The van der Waals surface area contributed by atoms with Crippen molar-refractivity contribution in [1.82, 2.24) is 14.5 Å². The second-order valence-corrected chi connectivity index (χ2v) is 10.6. The van der Waals surface area contributed by atoms with E-state index in [1.54, 1.807) is 27.9 Å². The molecule has 6 nitrogen and oxygen atoms in total. The third-order valence-corrected chi connectivity index (χ3v) is 8.09. The van der Waals surface area contributed by atoms with E-state index in [0.29, 0.717) is 24.9 Å². The first-order valence-electron chi connectivity index (χ1n) is 11.0. The fourth-order valence-corrected chi connectivity index (χ4v) is 6.50. The number of benzene rings is 1. The van der Waals surface area contributed by atoms with Crippen molar-refractivity contribution in [2.45, 2.75) is 56.1 Å². The largest absolute Gasteiger partial charge is 0.383 e. The Morgan fingerprint density at radius 1 is 1.28 bits per heavy atom. The Hall–Kier alpha value is -2.16. The summed E-state index contributed by atoms with van der Waals surface area (Å²) in [6, 6.07) is 9.93. The van der Waals surface area contributed by atoms with Gasteiger partial charge in [0.25, 0.3) is 5.56 Å². The molecule has 1 aliphatic carbocycles. The second-order valence-electron chi connectivity index (χ2n) is 8.17. The molecule has 1 amide bonds. The molecule has 0 aliphatic heterocycles. The van der Waals surface area contributed by atoms with E-state index in [0.717, 1.165) is 35.0 Å². The highest BCUT2D eigenvalue weighted by Crippen LogP contribution is 2.35. The van der Waals surface area contributed by atoms with Crippen LogP contribution in [0.4, 0.5) is 0 Å². The predicted octanol–water partition coefficient (Wildman–Crippen LogP) is 4.12. The van der Waals surface area contributed by atoms with Crippen LogP contribution in [0.2, 0.25) is 0 Å². The van der Waals surface area contributed by atoms with Crippen LogP contribution in [0.3, 0.4) is 0 Å². The first-order chi connectivity index (χ1) is 15.5. The molecule has 1 aromatic carbocycles. The van der Waals surface area contributed by atoms with Gasteiger partial charge >= 0.3 is 0 Å². The van der Waals surface area contributed by atoms with Crippen LogP contribution in [0.25, 0.3) is 10.2 Å². The first kappa shape index (κ1) is 23.0. The monoisotopic (exact) mass is 471 g/mol. The van der Waals surface area contributed by atoms with Crippen molar-refractivity contribution in [3.8, 4) is 0 Å². The standard InChI is InChI=1S/C24H29N3O3S2/c1-16(22(28)26(2)15-17-9-5-4-6-10-17)31-24-25-21-20(23(29)27(24)13-14-30-3)18-11-7-8-12-19(18)32-21/h4-6,9-10,16H,7-8,11-15H2,1-3H3. The fourth-order valence-electron chi connectivity index (χ4n) is 4.14. The summed E-state index contributed by atoms with van der Waals surface area (Å²) in [4.78, 5) is 35.2. The summed E-state index contributed by atoms with van der Waals surface area (Å²) in [7, 11) is 3.44. The Morgan fingerprint density at radius 3 is 2.78 bits per heavy atom. The average Bonchev–Trinajstić information content (AvgIpc) is 3.17. The van der Waals surface area contributed by atoms with Gasteiger partial charge in [0.15, 0.2) is 5.16 Å². The van der Waals surface area contributed by atoms with Crippen molar-refractivity contribution in [2.75, 3.05) is 20.8 Å². The number of thioether (sulfide) groups is 1. The fraction of sp³-hybridized carbons (Fsp3) is 0.458. The molecule has 4 rings (SSSR count). The molecule has 0 saturated heterocycles. The number of carbonyl (C=O) groups excluding carboxylic acids is 1. The molecule has 0 radical (unpaired) electrons. The minimum atomic E-state index is -0.364. The average molecular weight is 472 g/mol. The number of nitrogens with zero attached hydrogens (tertiary/aromatic N) is 3. The van der Waals surface area contributed by atoms with Gasteiger partial charge in [0.05, 0.1) is 23.8 Å². The first-order valence-corrected chi connectivity index (χ1v) is 12.7. The number of thiophene rings is 1. The predicted molar refractivity (Wildman–Crippen MR) is 131 cm³/mol. The Labute approximate surface area is 196 Å². The highest BCUT2D eigenvalue weighted by Gasteiger charge is 2.25. The molecule has 8 heteroatoms. The van der Waals surface area contributed by atoms with Gasteiger partial charge in [-0.25, -0.2) is 4.98 Å². The third kappa shape index (κ3) is 4.77. The molecule has 1 atom stereocenters. The lowest BCUT2D eigenvalue weighted by molar-refractivity contribution is -0.129. The van der Waals surface area contributed by atoms with Crippen molar-refractivity contribution in [2.24, 2.45) is 0 Å². The molecular formula is C24H29N3O3S2. The normalized spacial score (nSPS) is 14.3. The maximum Gasteiger partial charge on any atom is 0.263 e. The van der Waals surface area contributed by atoms with E-state index in [2.05, 4.69) is 0 Å². The SMILES string of the molecule is COCCn1c(SC(C)C(=O)N(C)Cc2ccccc2)nc2sc3c(c2c1=O)CCCC3. The van der Waals surface area contributed by atoms with Crippen LogP contribution in [0, 0.1) is 0 Å². The second kappa shape index (κ2) is 10.2. The minimum absolute atomic E-state index is 0.00811. The van der Waals surface area contributed by atoms with E-state index in [4.69, 9.17) is 9.72 Å². The molecule has 2 aromatic heterocycles. The van der Waals surface area contributed by atoms with Crippen LogP contribution in [-0.2, 0) is 35.5 Å². The van der Waals surface area contributed by atoms with E-state index in [-0.39, 0.29) is 16.7 Å². The molecule has 3 aromatic rings. The number of carbonyl (C=O) groups is 1. The van der Waals surface area contributed by atoms with E-state index in [9.17, 15) is 9.59 Å². The van der Waals surface area contributed by atoms with E-state index in [1.807, 2.05) is 44.3 Å². The van der Waals surface area contributed by atoms with Gasteiger partial charge in [0.1, 0.15) is 4.83 Å². The van der Waals surface area contributed by atoms with Crippen LogP contribution < -0.4 is 5.56 Å². The number of amides is 1. The van der Waals surface area contributed by atoms with Gasteiger partial charge in [0, 0.05) is 25.6 Å². The van der Waals surface area contributed by atoms with Crippen molar-refractivity contribution in [3.63, 3.8) is 0 Å². The summed E-state index contributed by atoms with van der Waals surface area (Å²) in [5.74, 6) is 0.0111. The van der Waals surface area contributed by atoms with E-state index in [1.165, 1.54) is 28.6 Å². The molecule has 0 spiro atoms. The molecule has 0 fully saturated rings. The number of hydrogen-bond acceptors (Lipinski definition) is 6. The summed E-state index contributed by atoms with van der Waals surface area (Å²) in [5, 5.41) is 0.994. The number of ether oxygens (including phenoxy) is 1. The van der Waals surface area contributed by atoms with Crippen LogP contribution in [0.15, 0.2) is 40.3 Å². The van der Waals surface area contributed by atoms with Crippen molar-refractivity contribution < 1.29 is 9.53 Å². The van der Waals surface area contributed by atoms with Gasteiger partial charge in [-0.15, -0.1) is 11.3 Å². The lowest BCUT2D eigenvalue weighted by Gasteiger charge is -2.22. The lowest BCUT2D eigenvalue weighted by atomic mass is 9.97. The summed E-state index contributed by atoms with van der Waals surface area (Å²) in [6.07, 6.45) is 4.25. The molecule has 1 aliphatic rings. The smallest absolute Gasteiger partial charge is 0.263 e. The molecule has 0 saturated carbocycles. The van der Waals surface area contributed by atoms with Crippen molar-refractivity contribution >= 4 is 39.2 Å². The van der Waals surface area contributed by atoms with Gasteiger partial charge < -0.3 is 9.64 Å². The van der Waals surface area contributed by atoms with E-state index >= 15 is 0 Å². The molecule has 1 unspecified atom stereocenters. The highest BCUT2D eigenvalue weighted by atomic mass is 32.2. The zero-order valence-electron chi connectivity index (χ0n) is 18.8. The summed E-state index contributed by atoms with van der Waals surface area (Å²) < 4.78 is 6.94. The van der Waals surface area contributed by atoms with Crippen LogP contribution in [-0.4, -0.2) is 46.4 Å². The molecule has 0 N–H and O–H groups in total. The molecule has 0 bridgehead atoms. The Kier molecular flexibility index (Phi) is 7.33. The Balaban J connectivity index is 1.62. The van der Waals surface area contributed by atoms with Gasteiger partial charge in [0.2, 0.25) is 5.91 Å². The summed E-state index contributed by atoms with van der Waals surface area (Å²) in [6.45, 7) is 3.27. The van der Waals surface area contributed by atoms with Crippen LogP contribution in [0.1, 0.15) is 35.8 Å². The molecule has 2 heterocycles. The summed E-state index contributed by atoms with van der Waals surface area (Å²) in [5.41, 5.74) is 2.26.